The molecule has 5 rings (SSSR count). The molecular formula is C29H35FN8O2. The number of pyridine rings is 1. The lowest BCUT2D eigenvalue weighted by Gasteiger charge is -2.36. The van der Waals surface area contributed by atoms with Gasteiger partial charge in [0.25, 0.3) is 0 Å². The van der Waals surface area contributed by atoms with Crippen LogP contribution in [0.3, 0.4) is 0 Å². The number of fused-ring (bicyclic) bond motifs is 1. The number of carbonyl (C=O) groups excluding carboxylic acids is 1. The summed E-state index contributed by atoms with van der Waals surface area (Å²) < 4.78 is 22.2. The van der Waals surface area contributed by atoms with Gasteiger partial charge in [-0.1, -0.05) is 19.9 Å². The second-order valence-electron chi connectivity index (χ2n) is 11.3. The predicted molar refractivity (Wildman–Crippen MR) is 153 cm³/mol. The van der Waals surface area contributed by atoms with Crippen LogP contribution < -0.4 is 10.2 Å². The van der Waals surface area contributed by atoms with Crippen molar-refractivity contribution in [2.75, 3.05) is 36.4 Å². The summed E-state index contributed by atoms with van der Waals surface area (Å²) in [5.41, 5.74) is 3.23. The topological polar surface area (TPSA) is 101 Å². The third-order valence-electron chi connectivity index (χ3n) is 6.73. The monoisotopic (exact) mass is 546 g/mol. The zero-order valence-electron chi connectivity index (χ0n) is 23.8. The van der Waals surface area contributed by atoms with E-state index in [0.717, 1.165) is 22.3 Å². The summed E-state index contributed by atoms with van der Waals surface area (Å²) in [4.78, 5) is 29.3. The Balaban J connectivity index is 1.28. The number of piperazine rings is 1. The molecule has 1 saturated heterocycles. The van der Waals surface area contributed by atoms with Crippen molar-refractivity contribution in [1.29, 1.82) is 0 Å². The van der Waals surface area contributed by atoms with Crippen LogP contribution in [-0.2, 0) is 11.8 Å². The van der Waals surface area contributed by atoms with Crippen LogP contribution in [-0.4, -0.2) is 67.5 Å². The number of benzene rings is 1. The molecule has 4 aromatic rings. The highest BCUT2D eigenvalue weighted by molar-refractivity contribution is 5.87. The fourth-order valence-corrected chi connectivity index (χ4v) is 4.92. The van der Waals surface area contributed by atoms with Gasteiger partial charge in [0.15, 0.2) is 5.82 Å². The van der Waals surface area contributed by atoms with E-state index in [2.05, 4.69) is 44.1 Å². The van der Waals surface area contributed by atoms with Crippen LogP contribution in [0.15, 0.2) is 42.7 Å². The zero-order valence-corrected chi connectivity index (χ0v) is 23.8. The normalized spacial score (nSPS) is 14.2. The average Bonchev–Trinajstić information content (AvgIpc) is 3.24. The number of anilines is 3. The van der Waals surface area contributed by atoms with Gasteiger partial charge in [-0.3, -0.25) is 4.68 Å². The van der Waals surface area contributed by atoms with E-state index in [1.54, 1.807) is 11.1 Å². The molecule has 0 aliphatic carbocycles. The van der Waals surface area contributed by atoms with E-state index in [-0.39, 0.29) is 23.7 Å². The van der Waals surface area contributed by atoms with Gasteiger partial charge in [0.05, 0.1) is 23.6 Å². The molecule has 1 N–H and O–H groups in total. The van der Waals surface area contributed by atoms with Gasteiger partial charge < -0.3 is 19.9 Å². The molecule has 3 aromatic heterocycles. The van der Waals surface area contributed by atoms with Crippen molar-refractivity contribution < 1.29 is 13.9 Å². The van der Waals surface area contributed by atoms with Crippen molar-refractivity contribution in [2.24, 2.45) is 7.05 Å². The first-order chi connectivity index (χ1) is 19.0. The second-order valence-corrected chi connectivity index (χ2v) is 11.3. The molecule has 210 valence electrons. The summed E-state index contributed by atoms with van der Waals surface area (Å²) in [5.74, 6) is 0.547. The third kappa shape index (κ3) is 5.83. The quantitative estimate of drug-likeness (QED) is 0.351. The molecule has 0 saturated carbocycles. The fraction of sp³-hybridized carbons (Fsp3) is 0.414. The molecule has 0 bridgehead atoms. The Hall–Kier alpha value is -4.28. The van der Waals surface area contributed by atoms with Crippen molar-refractivity contribution in [2.45, 2.75) is 46.1 Å². The highest BCUT2D eigenvalue weighted by Gasteiger charge is 2.26. The minimum atomic E-state index is -0.514. The van der Waals surface area contributed by atoms with Crippen LogP contribution in [0.1, 0.15) is 46.2 Å². The molecule has 1 fully saturated rings. The van der Waals surface area contributed by atoms with Crippen LogP contribution in [0.2, 0.25) is 0 Å². The zero-order chi connectivity index (χ0) is 28.6. The number of nitrogens with zero attached hydrogens (tertiary/aromatic N) is 7. The Morgan fingerprint density at radius 2 is 1.80 bits per heavy atom. The SMILES string of the molecule is CC(C)c1c2cc(-c3nc(Nc4ccc(N5CCN(C(=O)OC(C)(C)C)CC5)cn4)ncc3F)ccc2nn1C. The van der Waals surface area contributed by atoms with Crippen molar-refractivity contribution in [3.63, 3.8) is 0 Å². The van der Waals surface area contributed by atoms with Crippen LogP contribution in [0.5, 0.6) is 0 Å². The van der Waals surface area contributed by atoms with E-state index < -0.39 is 11.4 Å². The third-order valence-corrected chi connectivity index (χ3v) is 6.73. The molecule has 1 aliphatic rings. The first kappa shape index (κ1) is 27.3. The minimum Gasteiger partial charge on any atom is -0.444 e. The Kier molecular flexibility index (Phi) is 7.31. The molecule has 0 radical (unpaired) electrons. The summed E-state index contributed by atoms with van der Waals surface area (Å²) in [7, 11) is 1.92. The van der Waals surface area contributed by atoms with Crippen molar-refractivity contribution in [3.05, 3.63) is 54.2 Å². The fourth-order valence-electron chi connectivity index (χ4n) is 4.92. The second kappa shape index (κ2) is 10.7. The van der Waals surface area contributed by atoms with Gasteiger partial charge in [-0.05, 0) is 51.0 Å². The number of aryl methyl sites for hydroxylation is 1. The van der Waals surface area contributed by atoms with Gasteiger partial charge in [-0.2, -0.15) is 5.10 Å². The molecule has 1 aromatic carbocycles. The van der Waals surface area contributed by atoms with Crippen LogP contribution in [0, 0.1) is 5.82 Å². The Morgan fingerprint density at radius 3 is 2.45 bits per heavy atom. The average molecular weight is 547 g/mol. The maximum Gasteiger partial charge on any atom is 0.410 e. The first-order valence-corrected chi connectivity index (χ1v) is 13.4. The van der Waals surface area contributed by atoms with E-state index in [9.17, 15) is 9.18 Å². The standard InChI is InChI=1S/C29H35FN8O2/c1-18(2)26-21-15-19(7-9-23(21)35-36(26)6)25-22(30)17-32-27(34-25)33-24-10-8-20(16-31-24)37-11-13-38(14-12-37)28(39)40-29(3,4)5/h7-10,15-18H,11-14H2,1-6H3,(H,31,32,33,34). The maximum atomic E-state index is 14.8. The van der Waals surface area contributed by atoms with Gasteiger partial charge in [-0.15, -0.1) is 0 Å². The van der Waals surface area contributed by atoms with Crippen LogP contribution in [0.4, 0.5) is 26.6 Å². The lowest BCUT2D eigenvalue weighted by molar-refractivity contribution is 0.0240. The number of halogens is 1. The van der Waals surface area contributed by atoms with Gasteiger partial charge in [-0.25, -0.2) is 24.1 Å². The van der Waals surface area contributed by atoms with Crippen LogP contribution >= 0.6 is 0 Å². The highest BCUT2D eigenvalue weighted by Crippen LogP contribution is 2.30. The summed E-state index contributed by atoms with van der Waals surface area (Å²) >= 11 is 0. The summed E-state index contributed by atoms with van der Waals surface area (Å²) in [5, 5.41) is 8.63. The molecule has 11 heteroatoms. The lowest BCUT2D eigenvalue weighted by Crippen LogP contribution is -2.50. The van der Waals surface area contributed by atoms with E-state index in [4.69, 9.17) is 4.74 Å². The molecule has 1 amide bonds. The number of hydrogen-bond acceptors (Lipinski definition) is 8. The number of ether oxygens (including phenoxy) is 1. The molecule has 1 aliphatic heterocycles. The first-order valence-electron chi connectivity index (χ1n) is 13.4. The maximum absolute atomic E-state index is 14.8. The summed E-state index contributed by atoms with van der Waals surface area (Å²) in [6.07, 6.45) is 2.64. The van der Waals surface area contributed by atoms with Gasteiger partial charge in [0.2, 0.25) is 5.95 Å². The Bertz CT molecular complexity index is 1520. The lowest BCUT2D eigenvalue weighted by atomic mass is 10.0. The molecule has 0 atom stereocenters. The van der Waals surface area contributed by atoms with E-state index in [1.165, 1.54) is 6.20 Å². The number of amides is 1. The Labute approximate surface area is 233 Å². The molecule has 0 unspecified atom stereocenters. The van der Waals surface area contributed by atoms with E-state index in [0.29, 0.717) is 37.6 Å². The van der Waals surface area contributed by atoms with Gasteiger partial charge in [0, 0.05) is 49.9 Å². The number of nitrogens with one attached hydrogen (secondary N) is 1. The van der Waals surface area contributed by atoms with Gasteiger partial charge >= 0.3 is 6.09 Å². The number of hydrogen-bond donors (Lipinski definition) is 1. The summed E-state index contributed by atoms with van der Waals surface area (Å²) in [6, 6.07) is 9.43. The summed E-state index contributed by atoms with van der Waals surface area (Å²) in [6.45, 7) is 12.3. The molecule has 4 heterocycles. The molecule has 40 heavy (non-hydrogen) atoms. The van der Waals surface area contributed by atoms with Crippen molar-refractivity contribution >= 4 is 34.4 Å². The Morgan fingerprint density at radius 1 is 1.05 bits per heavy atom. The van der Waals surface area contributed by atoms with Gasteiger partial charge in [0.1, 0.15) is 17.1 Å². The van der Waals surface area contributed by atoms with Crippen molar-refractivity contribution in [3.8, 4) is 11.3 Å². The number of aromatic nitrogens is 5. The molecule has 10 nitrogen and oxygen atoms in total. The molecular weight excluding hydrogens is 511 g/mol. The number of rotatable bonds is 5. The van der Waals surface area contributed by atoms with Crippen LogP contribution in [0.25, 0.3) is 22.2 Å². The van der Waals surface area contributed by atoms with E-state index in [1.807, 2.05) is 62.8 Å². The van der Waals surface area contributed by atoms with Crippen molar-refractivity contribution in [1.82, 2.24) is 29.6 Å². The molecule has 0 spiro atoms. The highest BCUT2D eigenvalue weighted by atomic mass is 19.1. The minimum absolute atomic E-state index is 0.206. The largest absolute Gasteiger partial charge is 0.444 e. The number of carbonyl (C=O) groups is 1. The predicted octanol–water partition coefficient (Wildman–Crippen LogP) is 5.49. The van der Waals surface area contributed by atoms with E-state index >= 15 is 0 Å². The smallest absolute Gasteiger partial charge is 0.410 e.